The Bertz CT molecular complexity index is 1040. The van der Waals surface area contributed by atoms with E-state index in [0.717, 1.165) is 10.9 Å². The molecule has 29 heavy (non-hydrogen) atoms. The highest BCUT2D eigenvalue weighted by Crippen LogP contribution is 2.47. The summed E-state index contributed by atoms with van der Waals surface area (Å²) in [5.74, 6) is -16.6. The second-order valence-electron chi connectivity index (χ2n) is 5.99. The van der Waals surface area contributed by atoms with Crippen LogP contribution in [0.3, 0.4) is 0 Å². The summed E-state index contributed by atoms with van der Waals surface area (Å²) in [4.78, 5) is 12.5. The average molecular weight is 421 g/mol. The van der Waals surface area contributed by atoms with Gasteiger partial charge in [-0.1, -0.05) is 18.2 Å². The molecule has 0 N–H and O–H groups in total. The lowest BCUT2D eigenvalue weighted by Crippen LogP contribution is -2.57. The monoisotopic (exact) mass is 421 g/mol. The van der Waals surface area contributed by atoms with E-state index in [1.165, 1.54) is 12.1 Å². The predicted molar refractivity (Wildman–Crippen MR) is 85.2 cm³/mol. The second-order valence-corrected chi connectivity index (χ2v) is 5.99. The predicted octanol–water partition coefficient (Wildman–Crippen LogP) is 4.47. The van der Waals surface area contributed by atoms with Gasteiger partial charge in [0.2, 0.25) is 0 Å². The molecule has 5 nitrogen and oxygen atoms in total. The van der Waals surface area contributed by atoms with Gasteiger partial charge in [0.05, 0.1) is 0 Å². The van der Waals surface area contributed by atoms with Crippen LogP contribution in [0.2, 0.25) is 0 Å². The standard InChI is InChI=1S/C17H10F7N3O2/c1-9-6-7-13(29-14(28)15(18,19)16(20,21)17(22,23)24)12(8-9)27-25-10-4-2-3-5-11(10)26-27/h2-8H,1H3. The number of aromatic nitrogens is 3. The van der Waals surface area contributed by atoms with Crippen LogP contribution < -0.4 is 4.74 Å². The molecule has 0 aliphatic carbocycles. The Kier molecular flexibility index (Phi) is 4.75. The summed E-state index contributed by atoms with van der Waals surface area (Å²) in [5.41, 5.74) is 1.06. The molecule has 0 unspecified atom stereocenters. The number of fused-ring (bicyclic) bond motifs is 1. The number of hydrogen-bond acceptors (Lipinski definition) is 4. The molecule has 0 bridgehead atoms. The maximum absolute atomic E-state index is 13.6. The lowest BCUT2D eigenvalue weighted by molar-refractivity contribution is -0.346. The number of carbonyl (C=O) groups is 1. The van der Waals surface area contributed by atoms with Gasteiger partial charge in [-0.05, 0) is 36.8 Å². The second kappa shape index (κ2) is 6.71. The Balaban J connectivity index is 2.01. The van der Waals surface area contributed by atoms with Crippen LogP contribution in [0.25, 0.3) is 16.7 Å². The van der Waals surface area contributed by atoms with Crippen LogP contribution in [0.1, 0.15) is 5.56 Å². The molecule has 0 aliphatic rings. The first-order chi connectivity index (χ1) is 13.3. The summed E-state index contributed by atoms with van der Waals surface area (Å²) in [6.45, 7) is 1.57. The van der Waals surface area contributed by atoms with Crippen molar-refractivity contribution in [2.24, 2.45) is 0 Å². The normalized spacial score (nSPS) is 13.0. The van der Waals surface area contributed by atoms with E-state index in [0.29, 0.717) is 16.6 Å². The van der Waals surface area contributed by atoms with Crippen LogP contribution in [0.4, 0.5) is 30.7 Å². The van der Waals surface area contributed by atoms with E-state index in [2.05, 4.69) is 14.9 Å². The van der Waals surface area contributed by atoms with Crippen molar-refractivity contribution in [3.05, 3.63) is 48.0 Å². The summed E-state index contributed by atoms with van der Waals surface area (Å²) in [5, 5.41) is 8.08. The fraction of sp³-hybridized carbons (Fsp3) is 0.235. The molecule has 0 saturated heterocycles. The number of benzene rings is 2. The highest BCUT2D eigenvalue weighted by Gasteiger charge is 2.77. The molecule has 1 heterocycles. The van der Waals surface area contributed by atoms with E-state index < -0.39 is 29.7 Å². The van der Waals surface area contributed by atoms with E-state index >= 15 is 0 Å². The quantitative estimate of drug-likeness (QED) is 0.355. The summed E-state index contributed by atoms with van der Waals surface area (Å²) < 4.78 is 94.4. The molecule has 0 fully saturated rings. The van der Waals surface area contributed by atoms with Gasteiger partial charge in [-0.3, -0.25) is 0 Å². The molecule has 3 rings (SSSR count). The molecule has 3 aromatic rings. The van der Waals surface area contributed by atoms with Gasteiger partial charge in [0, 0.05) is 0 Å². The fourth-order valence-electron chi connectivity index (χ4n) is 2.31. The first-order valence-electron chi connectivity index (χ1n) is 7.82. The van der Waals surface area contributed by atoms with Gasteiger partial charge in [0.15, 0.2) is 5.75 Å². The van der Waals surface area contributed by atoms with Crippen LogP contribution in [0.15, 0.2) is 42.5 Å². The molecule has 0 radical (unpaired) electrons. The lowest BCUT2D eigenvalue weighted by Gasteiger charge is -2.26. The Morgan fingerprint density at radius 2 is 1.48 bits per heavy atom. The van der Waals surface area contributed by atoms with Crippen LogP contribution in [-0.4, -0.2) is 39.0 Å². The minimum absolute atomic E-state index is 0.208. The van der Waals surface area contributed by atoms with Crippen molar-refractivity contribution in [3.8, 4) is 11.4 Å². The maximum Gasteiger partial charge on any atom is 0.460 e. The van der Waals surface area contributed by atoms with Gasteiger partial charge in [-0.25, -0.2) is 4.79 Å². The van der Waals surface area contributed by atoms with E-state index in [4.69, 9.17) is 0 Å². The first kappa shape index (κ1) is 20.6. The summed E-state index contributed by atoms with van der Waals surface area (Å²) in [7, 11) is 0. The van der Waals surface area contributed by atoms with Gasteiger partial charge in [-0.15, -0.1) is 15.0 Å². The number of hydrogen-bond donors (Lipinski definition) is 0. The Morgan fingerprint density at radius 3 is 2.00 bits per heavy atom. The summed E-state index contributed by atoms with van der Waals surface area (Å²) >= 11 is 0. The molecule has 12 heteroatoms. The molecular formula is C17H10F7N3O2. The van der Waals surface area contributed by atoms with E-state index in [1.807, 2.05) is 0 Å². The van der Waals surface area contributed by atoms with Gasteiger partial charge >= 0.3 is 24.0 Å². The third kappa shape index (κ3) is 3.49. The van der Waals surface area contributed by atoms with E-state index in [9.17, 15) is 35.5 Å². The Morgan fingerprint density at radius 1 is 0.931 bits per heavy atom. The van der Waals surface area contributed by atoms with Gasteiger partial charge < -0.3 is 4.74 Å². The molecular weight excluding hydrogens is 411 g/mol. The number of rotatable bonds is 4. The topological polar surface area (TPSA) is 57.0 Å². The van der Waals surface area contributed by atoms with Crippen molar-refractivity contribution in [3.63, 3.8) is 0 Å². The van der Waals surface area contributed by atoms with E-state index in [1.54, 1.807) is 31.2 Å². The zero-order valence-corrected chi connectivity index (χ0v) is 14.3. The zero-order valence-electron chi connectivity index (χ0n) is 14.3. The highest BCUT2D eigenvalue weighted by atomic mass is 19.4. The van der Waals surface area contributed by atoms with Gasteiger partial charge in [0.1, 0.15) is 16.7 Å². The van der Waals surface area contributed by atoms with Crippen molar-refractivity contribution in [2.45, 2.75) is 24.9 Å². The molecule has 0 aliphatic heterocycles. The minimum Gasteiger partial charge on any atom is -0.420 e. The average Bonchev–Trinajstić information content (AvgIpc) is 3.06. The van der Waals surface area contributed by atoms with Crippen LogP contribution in [-0.2, 0) is 4.79 Å². The Labute approximate surface area is 157 Å². The SMILES string of the molecule is Cc1ccc(OC(=O)C(F)(F)C(F)(F)C(F)(F)F)c(-n2nc3ccccc3n2)c1. The summed E-state index contributed by atoms with van der Waals surface area (Å²) in [6, 6.07) is 9.92. The molecule has 154 valence electrons. The van der Waals surface area contributed by atoms with Crippen molar-refractivity contribution in [1.29, 1.82) is 0 Å². The number of halogens is 7. The minimum atomic E-state index is -6.66. The third-order valence-electron chi connectivity index (χ3n) is 3.83. The fourth-order valence-corrected chi connectivity index (χ4v) is 2.31. The number of ether oxygens (including phenoxy) is 1. The molecule has 0 atom stereocenters. The number of aryl methyl sites for hydroxylation is 1. The van der Waals surface area contributed by atoms with Crippen LogP contribution in [0.5, 0.6) is 5.75 Å². The number of alkyl halides is 7. The summed E-state index contributed by atoms with van der Waals surface area (Å²) in [6.07, 6.45) is -6.66. The van der Waals surface area contributed by atoms with Gasteiger partial charge in [0.25, 0.3) is 0 Å². The molecule has 0 amide bonds. The molecule has 2 aromatic carbocycles. The van der Waals surface area contributed by atoms with Crippen molar-refractivity contribution >= 4 is 17.0 Å². The van der Waals surface area contributed by atoms with Crippen molar-refractivity contribution < 1.29 is 40.3 Å². The molecule has 1 aromatic heterocycles. The maximum atomic E-state index is 13.6. The largest absolute Gasteiger partial charge is 0.460 e. The lowest BCUT2D eigenvalue weighted by atomic mass is 10.1. The molecule has 0 saturated carbocycles. The number of esters is 1. The van der Waals surface area contributed by atoms with Crippen molar-refractivity contribution in [2.75, 3.05) is 0 Å². The zero-order chi connectivity index (χ0) is 21.6. The van der Waals surface area contributed by atoms with Crippen molar-refractivity contribution in [1.82, 2.24) is 15.0 Å². The van der Waals surface area contributed by atoms with Crippen LogP contribution >= 0.6 is 0 Å². The number of nitrogens with zero attached hydrogens (tertiary/aromatic N) is 3. The number of carbonyl (C=O) groups excluding carboxylic acids is 1. The Hall–Kier alpha value is -3.18. The first-order valence-corrected chi connectivity index (χ1v) is 7.82. The highest BCUT2D eigenvalue weighted by molar-refractivity contribution is 5.82. The molecule has 0 spiro atoms. The smallest absolute Gasteiger partial charge is 0.420 e. The van der Waals surface area contributed by atoms with Gasteiger partial charge in [-0.2, -0.15) is 30.7 Å². The third-order valence-corrected chi connectivity index (χ3v) is 3.83. The van der Waals surface area contributed by atoms with E-state index in [-0.39, 0.29) is 5.69 Å². The van der Waals surface area contributed by atoms with Crippen LogP contribution in [0, 0.1) is 6.92 Å².